The zero-order chi connectivity index (χ0) is 13.7. The highest BCUT2D eigenvalue weighted by atomic mass is 16.4. The molecule has 0 aromatic heterocycles. The van der Waals surface area contributed by atoms with E-state index < -0.39 is 30.4 Å². The molecule has 1 heterocycles. The number of likely N-dealkylation sites (tertiary alicyclic amines) is 1. The van der Waals surface area contributed by atoms with Crippen LogP contribution in [0, 0.1) is 5.92 Å². The molecule has 0 bridgehead atoms. The molecule has 0 aliphatic carbocycles. The predicted molar refractivity (Wildman–Crippen MR) is 61.6 cm³/mol. The molecule has 7 nitrogen and oxygen atoms in total. The van der Waals surface area contributed by atoms with E-state index in [1.807, 2.05) is 0 Å². The number of nitrogens with one attached hydrogen (secondary N) is 1. The van der Waals surface area contributed by atoms with Gasteiger partial charge >= 0.3 is 5.97 Å². The van der Waals surface area contributed by atoms with Gasteiger partial charge in [-0.3, -0.25) is 9.59 Å². The molecule has 1 fully saturated rings. The average molecular weight is 258 g/mol. The summed E-state index contributed by atoms with van der Waals surface area (Å²) < 4.78 is 0. The van der Waals surface area contributed by atoms with Crippen LogP contribution in [0.25, 0.3) is 0 Å². The minimum Gasteiger partial charge on any atom is -0.480 e. The lowest BCUT2D eigenvalue weighted by atomic mass is 9.97. The highest BCUT2D eigenvalue weighted by Gasteiger charge is 2.29. The smallest absolute Gasteiger partial charge is 0.328 e. The maximum absolute atomic E-state index is 11.8. The highest BCUT2D eigenvalue weighted by Crippen LogP contribution is 2.16. The molecular formula is C11H18N2O5. The van der Waals surface area contributed by atoms with Crippen molar-refractivity contribution in [2.45, 2.75) is 25.8 Å². The number of hydrogen-bond donors (Lipinski definition) is 3. The Kier molecular flexibility index (Phi) is 5.08. The van der Waals surface area contributed by atoms with Crippen LogP contribution < -0.4 is 5.32 Å². The third-order valence-corrected chi connectivity index (χ3v) is 3.03. The predicted octanol–water partition coefficient (Wildman–Crippen LogP) is -1.19. The fourth-order valence-corrected chi connectivity index (χ4v) is 1.95. The Balaban J connectivity index is 2.55. The summed E-state index contributed by atoms with van der Waals surface area (Å²) in [5, 5.41) is 19.8. The van der Waals surface area contributed by atoms with Crippen LogP contribution in [-0.4, -0.2) is 58.6 Å². The van der Waals surface area contributed by atoms with Crippen LogP contribution in [0.15, 0.2) is 0 Å². The summed E-state index contributed by atoms with van der Waals surface area (Å²) in [6, 6.07) is -1.29. The number of aliphatic hydroxyl groups excluding tert-OH is 1. The van der Waals surface area contributed by atoms with Gasteiger partial charge in [0.05, 0.1) is 12.5 Å². The van der Waals surface area contributed by atoms with Crippen LogP contribution in [0.1, 0.15) is 19.8 Å². The molecular weight excluding hydrogens is 240 g/mol. The van der Waals surface area contributed by atoms with Crippen molar-refractivity contribution in [3.63, 3.8) is 0 Å². The van der Waals surface area contributed by atoms with Gasteiger partial charge in [-0.15, -0.1) is 0 Å². The summed E-state index contributed by atoms with van der Waals surface area (Å²) in [6.45, 7) is 1.72. The first-order valence-electron chi connectivity index (χ1n) is 5.85. The van der Waals surface area contributed by atoms with Crippen molar-refractivity contribution < 1.29 is 24.6 Å². The molecule has 102 valence electrons. The van der Waals surface area contributed by atoms with E-state index in [1.54, 1.807) is 4.90 Å². The molecule has 1 unspecified atom stereocenters. The second kappa shape index (κ2) is 6.34. The lowest BCUT2D eigenvalue weighted by Crippen LogP contribution is -2.50. The van der Waals surface area contributed by atoms with Gasteiger partial charge in [0.25, 0.3) is 0 Å². The van der Waals surface area contributed by atoms with Gasteiger partial charge in [0, 0.05) is 20.0 Å². The Morgan fingerprint density at radius 1 is 1.44 bits per heavy atom. The van der Waals surface area contributed by atoms with Gasteiger partial charge in [0.15, 0.2) is 0 Å². The van der Waals surface area contributed by atoms with Crippen LogP contribution in [-0.2, 0) is 14.4 Å². The summed E-state index contributed by atoms with van der Waals surface area (Å²) >= 11 is 0. The van der Waals surface area contributed by atoms with Crippen LogP contribution in [0.4, 0.5) is 0 Å². The normalized spacial score (nSPS) is 21.2. The Labute approximate surface area is 105 Å². The SMILES string of the molecule is CC(=O)N1CCCC(C(=O)N[C@@H](CO)C(=O)O)C1. The molecule has 0 saturated carbocycles. The van der Waals surface area contributed by atoms with E-state index in [1.165, 1.54) is 6.92 Å². The summed E-state index contributed by atoms with van der Waals surface area (Å²) in [5.41, 5.74) is 0. The molecule has 2 amide bonds. The summed E-state index contributed by atoms with van der Waals surface area (Å²) in [6.07, 6.45) is 1.34. The minimum atomic E-state index is -1.29. The molecule has 7 heteroatoms. The first kappa shape index (κ1) is 14.4. The maximum atomic E-state index is 11.8. The van der Waals surface area contributed by atoms with Crippen molar-refractivity contribution in [2.24, 2.45) is 5.92 Å². The topological polar surface area (TPSA) is 107 Å². The number of carboxylic acid groups (broad SMARTS) is 1. The Morgan fingerprint density at radius 3 is 2.61 bits per heavy atom. The van der Waals surface area contributed by atoms with E-state index in [0.717, 1.165) is 0 Å². The van der Waals surface area contributed by atoms with Gasteiger partial charge in [-0.2, -0.15) is 0 Å². The van der Waals surface area contributed by atoms with Crippen LogP contribution in [0.2, 0.25) is 0 Å². The van der Waals surface area contributed by atoms with Gasteiger partial charge in [0.1, 0.15) is 6.04 Å². The average Bonchev–Trinajstić information content (AvgIpc) is 2.35. The minimum absolute atomic E-state index is 0.0931. The fourth-order valence-electron chi connectivity index (χ4n) is 1.95. The largest absolute Gasteiger partial charge is 0.480 e. The Morgan fingerprint density at radius 2 is 2.11 bits per heavy atom. The van der Waals surface area contributed by atoms with Gasteiger partial charge in [-0.1, -0.05) is 0 Å². The molecule has 0 aromatic rings. The number of piperidine rings is 1. The monoisotopic (exact) mass is 258 g/mol. The third-order valence-electron chi connectivity index (χ3n) is 3.03. The molecule has 1 aliphatic rings. The highest BCUT2D eigenvalue weighted by molar-refractivity contribution is 5.85. The fraction of sp³-hybridized carbons (Fsp3) is 0.727. The molecule has 2 atom stereocenters. The van der Waals surface area contributed by atoms with E-state index in [9.17, 15) is 14.4 Å². The molecule has 0 aromatic carbocycles. The standard InChI is InChI=1S/C11H18N2O5/c1-7(15)13-4-2-3-8(5-13)10(16)12-9(6-14)11(17)18/h8-9,14H,2-6H2,1H3,(H,12,16)(H,17,18)/t8?,9-/m0/s1. The zero-order valence-electron chi connectivity index (χ0n) is 10.3. The van der Waals surface area contributed by atoms with Gasteiger partial charge < -0.3 is 20.4 Å². The Bertz CT molecular complexity index is 344. The number of carbonyl (C=O) groups is 3. The number of aliphatic hydroxyl groups is 1. The van der Waals surface area contributed by atoms with Crippen molar-refractivity contribution in [3.8, 4) is 0 Å². The van der Waals surface area contributed by atoms with E-state index in [0.29, 0.717) is 25.9 Å². The van der Waals surface area contributed by atoms with Crippen LogP contribution in [0.3, 0.4) is 0 Å². The third kappa shape index (κ3) is 3.69. The van der Waals surface area contributed by atoms with Crippen molar-refractivity contribution in [1.29, 1.82) is 0 Å². The van der Waals surface area contributed by atoms with E-state index in [4.69, 9.17) is 10.2 Å². The van der Waals surface area contributed by atoms with Crippen LogP contribution in [0.5, 0.6) is 0 Å². The van der Waals surface area contributed by atoms with Crippen LogP contribution >= 0.6 is 0 Å². The maximum Gasteiger partial charge on any atom is 0.328 e. The first-order valence-corrected chi connectivity index (χ1v) is 5.85. The molecule has 0 radical (unpaired) electrons. The number of carboxylic acids is 1. The molecule has 0 spiro atoms. The van der Waals surface area contributed by atoms with Crippen molar-refractivity contribution >= 4 is 17.8 Å². The van der Waals surface area contributed by atoms with E-state index in [2.05, 4.69) is 5.32 Å². The summed E-state index contributed by atoms with van der Waals surface area (Å²) in [5.74, 6) is -2.20. The number of carbonyl (C=O) groups excluding carboxylic acids is 2. The first-order chi connectivity index (χ1) is 8.45. The van der Waals surface area contributed by atoms with Gasteiger partial charge in [-0.25, -0.2) is 4.79 Å². The zero-order valence-corrected chi connectivity index (χ0v) is 10.3. The van der Waals surface area contributed by atoms with Gasteiger partial charge in [-0.05, 0) is 12.8 Å². The van der Waals surface area contributed by atoms with Crippen molar-refractivity contribution in [3.05, 3.63) is 0 Å². The number of amides is 2. The lowest BCUT2D eigenvalue weighted by molar-refractivity contribution is -0.144. The van der Waals surface area contributed by atoms with Crippen molar-refractivity contribution in [1.82, 2.24) is 10.2 Å². The molecule has 18 heavy (non-hydrogen) atoms. The van der Waals surface area contributed by atoms with E-state index in [-0.39, 0.29) is 5.91 Å². The Hall–Kier alpha value is -1.63. The summed E-state index contributed by atoms with van der Waals surface area (Å²) in [4.78, 5) is 35.3. The number of aliphatic carboxylic acids is 1. The number of hydrogen-bond acceptors (Lipinski definition) is 4. The number of nitrogens with zero attached hydrogens (tertiary/aromatic N) is 1. The molecule has 3 N–H and O–H groups in total. The molecule has 1 aliphatic heterocycles. The van der Waals surface area contributed by atoms with E-state index >= 15 is 0 Å². The lowest BCUT2D eigenvalue weighted by Gasteiger charge is -2.31. The number of rotatable bonds is 4. The van der Waals surface area contributed by atoms with Crippen molar-refractivity contribution in [2.75, 3.05) is 19.7 Å². The molecule has 1 saturated heterocycles. The quantitative estimate of drug-likeness (QED) is 0.587. The summed E-state index contributed by atoms with van der Waals surface area (Å²) in [7, 11) is 0. The second-order valence-corrected chi connectivity index (χ2v) is 4.39. The molecule has 1 rings (SSSR count). The second-order valence-electron chi connectivity index (χ2n) is 4.39. The van der Waals surface area contributed by atoms with Gasteiger partial charge in [0.2, 0.25) is 11.8 Å².